The Morgan fingerprint density at radius 3 is 2.61 bits per heavy atom. The van der Waals surface area contributed by atoms with Crippen LogP contribution in [0.5, 0.6) is 0 Å². The standard InChI is InChI=1S/C17H18ClN3O2/c1-13-19-10-15(11-20-13)17(8-5-9-23-17)12-21(18)16(22)14-6-3-2-4-7-14/h2-4,6-7,10-11H,5,8-9,12H2,1H3. The average Bonchev–Trinajstić information content (AvgIpc) is 3.05. The number of benzene rings is 1. The molecule has 120 valence electrons. The summed E-state index contributed by atoms with van der Waals surface area (Å²) in [6, 6.07) is 8.98. The van der Waals surface area contributed by atoms with Crippen LogP contribution in [-0.2, 0) is 10.3 Å². The van der Waals surface area contributed by atoms with Gasteiger partial charge in [-0.2, -0.15) is 0 Å². The van der Waals surface area contributed by atoms with Crippen molar-refractivity contribution >= 4 is 17.7 Å². The van der Waals surface area contributed by atoms with Crippen LogP contribution in [0, 0.1) is 6.92 Å². The zero-order valence-corrected chi connectivity index (χ0v) is 13.7. The molecule has 6 heteroatoms. The first kappa shape index (κ1) is 15.9. The summed E-state index contributed by atoms with van der Waals surface area (Å²) in [6.45, 7) is 2.73. The zero-order valence-electron chi connectivity index (χ0n) is 12.9. The van der Waals surface area contributed by atoms with Crippen molar-refractivity contribution in [2.24, 2.45) is 0 Å². The molecule has 1 aromatic carbocycles. The second kappa shape index (κ2) is 6.64. The third-order valence-corrected chi connectivity index (χ3v) is 4.32. The summed E-state index contributed by atoms with van der Waals surface area (Å²) in [6.07, 6.45) is 5.21. The number of carbonyl (C=O) groups is 1. The molecule has 23 heavy (non-hydrogen) atoms. The first-order valence-corrected chi connectivity index (χ1v) is 7.90. The Morgan fingerprint density at radius 2 is 2.00 bits per heavy atom. The molecule has 0 bridgehead atoms. The molecule has 5 nitrogen and oxygen atoms in total. The Bertz CT molecular complexity index is 670. The van der Waals surface area contributed by atoms with Gasteiger partial charge in [-0.15, -0.1) is 0 Å². The number of ether oxygens (including phenoxy) is 1. The Balaban J connectivity index is 1.82. The highest BCUT2D eigenvalue weighted by Crippen LogP contribution is 2.37. The van der Waals surface area contributed by atoms with E-state index in [1.165, 1.54) is 4.42 Å². The number of hydrogen-bond acceptors (Lipinski definition) is 4. The zero-order chi connectivity index (χ0) is 16.3. The van der Waals surface area contributed by atoms with E-state index in [-0.39, 0.29) is 12.5 Å². The van der Waals surface area contributed by atoms with E-state index < -0.39 is 5.60 Å². The van der Waals surface area contributed by atoms with Gasteiger partial charge >= 0.3 is 0 Å². The van der Waals surface area contributed by atoms with E-state index in [9.17, 15) is 4.79 Å². The number of aromatic nitrogens is 2. The lowest BCUT2D eigenvalue weighted by molar-refractivity contribution is -0.0119. The number of nitrogens with zero attached hydrogens (tertiary/aromatic N) is 3. The SMILES string of the molecule is Cc1ncc(C2(CN(Cl)C(=O)c3ccccc3)CCCO2)cn1. The average molecular weight is 332 g/mol. The van der Waals surface area contributed by atoms with Crippen molar-refractivity contribution in [3.05, 3.63) is 59.7 Å². The number of carbonyl (C=O) groups excluding carboxylic acids is 1. The van der Waals surface area contributed by atoms with Gasteiger partial charge in [-0.25, -0.2) is 14.4 Å². The maximum Gasteiger partial charge on any atom is 0.268 e. The third kappa shape index (κ3) is 3.35. The highest BCUT2D eigenvalue weighted by atomic mass is 35.5. The van der Waals surface area contributed by atoms with Crippen LogP contribution < -0.4 is 0 Å². The molecule has 1 aromatic heterocycles. The Hall–Kier alpha value is -1.98. The van der Waals surface area contributed by atoms with Crippen molar-refractivity contribution in [2.75, 3.05) is 13.2 Å². The molecule has 0 spiro atoms. The molecule has 0 saturated carbocycles. The summed E-state index contributed by atoms with van der Waals surface area (Å²) in [5.41, 5.74) is 0.766. The molecule has 0 radical (unpaired) electrons. The van der Waals surface area contributed by atoms with E-state index in [1.54, 1.807) is 24.5 Å². The highest BCUT2D eigenvalue weighted by molar-refractivity contribution is 6.24. The predicted octanol–water partition coefficient (Wildman–Crippen LogP) is 3.09. The normalized spacial score (nSPS) is 20.4. The van der Waals surface area contributed by atoms with E-state index in [0.717, 1.165) is 18.4 Å². The van der Waals surface area contributed by atoms with E-state index in [2.05, 4.69) is 9.97 Å². The largest absolute Gasteiger partial charge is 0.368 e. The number of amides is 1. The van der Waals surface area contributed by atoms with E-state index in [0.29, 0.717) is 18.0 Å². The maximum atomic E-state index is 12.5. The van der Waals surface area contributed by atoms with Gasteiger partial charge in [0, 0.05) is 41.9 Å². The van der Waals surface area contributed by atoms with Crippen molar-refractivity contribution in [3.63, 3.8) is 0 Å². The van der Waals surface area contributed by atoms with Crippen LogP contribution in [0.3, 0.4) is 0 Å². The van der Waals surface area contributed by atoms with E-state index >= 15 is 0 Å². The van der Waals surface area contributed by atoms with Gasteiger partial charge in [0.25, 0.3) is 5.91 Å². The smallest absolute Gasteiger partial charge is 0.268 e. The van der Waals surface area contributed by atoms with Gasteiger partial charge in [-0.3, -0.25) is 4.79 Å². The molecular weight excluding hydrogens is 314 g/mol. The molecule has 1 unspecified atom stereocenters. The fourth-order valence-corrected chi connectivity index (χ4v) is 3.08. The summed E-state index contributed by atoms with van der Waals surface area (Å²) < 4.78 is 7.16. The molecule has 2 aromatic rings. The molecule has 1 aliphatic rings. The number of hydrogen-bond donors (Lipinski definition) is 0. The second-order valence-electron chi connectivity index (χ2n) is 5.66. The van der Waals surface area contributed by atoms with Gasteiger partial charge in [0.1, 0.15) is 11.4 Å². The summed E-state index contributed by atoms with van der Waals surface area (Å²) in [5, 5.41) is 0. The van der Waals surface area contributed by atoms with E-state index in [1.807, 2.05) is 25.1 Å². The van der Waals surface area contributed by atoms with Gasteiger partial charge in [-0.1, -0.05) is 18.2 Å². The van der Waals surface area contributed by atoms with Crippen LogP contribution in [-0.4, -0.2) is 33.4 Å². The first-order valence-electron chi connectivity index (χ1n) is 7.56. The van der Waals surface area contributed by atoms with Crippen LogP contribution in [0.4, 0.5) is 0 Å². The summed E-state index contributed by atoms with van der Waals surface area (Å²) in [5.74, 6) is 0.458. The molecule has 1 amide bonds. The minimum atomic E-state index is -0.639. The van der Waals surface area contributed by atoms with Crippen LogP contribution >= 0.6 is 11.8 Å². The molecule has 1 fully saturated rings. The van der Waals surface area contributed by atoms with Gasteiger partial charge < -0.3 is 4.74 Å². The van der Waals surface area contributed by atoms with Crippen molar-refractivity contribution in [1.82, 2.24) is 14.4 Å². The van der Waals surface area contributed by atoms with Crippen LogP contribution in [0.1, 0.15) is 34.6 Å². The molecular formula is C17H18ClN3O2. The van der Waals surface area contributed by atoms with Gasteiger partial charge in [-0.05, 0) is 31.9 Å². The minimum Gasteiger partial charge on any atom is -0.368 e. The fraction of sp³-hybridized carbons (Fsp3) is 0.353. The molecule has 2 heterocycles. The second-order valence-corrected chi connectivity index (χ2v) is 6.06. The Labute approximate surface area is 140 Å². The molecule has 1 atom stereocenters. The van der Waals surface area contributed by atoms with Crippen molar-refractivity contribution in [3.8, 4) is 0 Å². The van der Waals surface area contributed by atoms with Crippen molar-refractivity contribution in [2.45, 2.75) is 25.4 Å². The predicted molar refractivity (Wildman–Crippen MR) is 87.0 cm³/mol. The van der Waals surface area contributed by atoms with Crippen molar-refractivity contribution < 1.29 is 9.53 Å². The molecule has 3 rings (SSSR count). The summed E-state index contributed by atoms with van der Waals surface area (Å²) in [7, 11) is 0. The summed E-state index contributed by atoms with van der Waals surface area (Å²) in [4.78, 5) is 21.0. The molecule has 0 N–H and O–H groups in total. The van der Waals surface area contributed by atoms with Crippen molar-refractivity contribution in [1.29, 1.82) is 0 Å². The van der Waals surface area contributed by atoms with E-state index in [4.69, 9.17) is 16.5 Å². The Morgan fingerprint density at radius 1 is 1.30 bits per heavy atom. The number of rotatable bonds is 4. The van der Waals surface area contributed by atoms with Crippen LogP contribution in [0.2, 0.25) is 0 Å². The highest BCUT2D eigenvalue weighted by Gasteiger charge is 2.40. The number of halogens is 1. The molecule has 0 aliphatic carbocycles. The first-order chi connectivity index (χ1) is 11.1. The van der Waals surface area contributed by atoms with Gasteiger partial charge in [0.05, 0.1) is 6.54 Å². The lowest BCUT2D eigenvalue weighted by atomic mass is 9.92. The van der Waals surface area contributed by atoms with Crippen LogP contribution in [0.25, 0.3) is 0 Å². The molecule has 1 aliphatic heterocycles. The van der Waals surface area contributed by atoms with Gasteiger partial charge in [0.2, 0.25) is 0 Å². The summed E-state index contributed by atoms with van der Waals surface area (Å²) >= 11 is 6.28. The topological polar surface area (TPSA) is 55.3 Å². The minimum absolute atomic E-state index is 0.241. The number of aryl methyl sites for hydroxylation is 1. The quantitative estimate of drug-likeness (QED) is 0.808. The molecule has 1 saturated heterocycles. The van der Waals surface area contributed by atoms with Gasteiger partial charge in [0.15, 0.2) is 0 Å². The maximum absolute atomic E-state index is 12.5. The lowest BCUT2D eigenvalue weighted by Gasteiger charge is -2.31. The fourth-order valence-electron chi connectivity index (χ4n) is 2.79. The Kier molecular flexibility index (Phi) is 4.59. The lowest BCUT2D eigenvalue weighted by Crippen LogP contribution is -2.39. The van der Waals surface area contributed by atoms with Crippen LogP contribution in [0.15, 0.2) is 42.7 Å². The monoisotopic (exact) mass is 331 g/mol. The third-order valence-electron chi connectivity index (χ3n) is 4.05.